The number of nitrogens with one attached hydrogen (secondary N) is 3. The Bertz CT molecular complexity index is 977. The molecule has 0 saturated heterocycles. The highest BCUT2D eigenvalue weighted by molar-refractivity contribution is 5.98. The largest absolute Gasteiger partial charge is 0.490 e. The van der Waals surface area contributed by atoms with E-state index in [9.17, 15) is 4.79 Å². The van der Waals surface area contributed by atoms with Gasteiger partial charge in [-0.3, -0.25) is 10.1 Å². The van der Waals surface area contributed by atoms with Gasteiger partial charge in [-0.15, -0.1) is 0 Å². The second-order valence-electron chi connectivity index (χ2n) is 6.95. The topological polar surface area (TPSA) is 73.7 Å². The van der Waals surface area contributed by atoms with Crippen molar-refractivity contribution in [1.29, 1.82) is 0 Å². The predicted octanol–water partition coefficient (Wildman–Crippen LogP) is 3.88. The minimum Gasteiger partial charge on any atom is -0.490 e. The number of aromatic nitrogens is 1. The molecule has 0 spiro atoms. The number of aromatic amines is 1. The average Bonchev–Trinajstić information content (AvgIpc) is 2.80. The van der Waals surface area contributed by atoms with Crippen LogP contribution in [-0.2, 0) is 13.0 Å². The fourth-order valence-electron chi connectivity index (χ4n) is 3.23. The van der Waals surface area contributed by atoms with E-state index in [4.69, 9.17) is 9.47 Å². The van der Waals surface area contributed by atoms with Crippen LogP contribution >= 0.6 is 0 Å². The Morgan fingerprint density at radius 2 is 1.68 bits per heavy atom. The van der Waals surface area contributed by atoms with Crippen LogP contribution < -0.4 is 25.1 Å². The second kappa shape index (κ2) is 11.6. The molecule has 6 nitrogen and oxygen atoms in total. The molecule has 3 rings (SSSR count). The summed E-state index contributed by atoms with van der Waals surface area (Å²) >= 11 is 0. The number of rotatable bonds is 11. The Morgan fingerprint density at radius 1 is 0.903 bits per heavy atom. The van der Waals surface area contributed by atoms with E-state index in [1.165, 1.54) is 0 Å². The van der Waals surface area contributed by atoms with E-state index in [1.807, 2.05) is 74.5 Å². The lowest BCUT2D eigenvalue weighted by molar-refractivity contribution is -0.361. The summed E-state index contributed by atoms with van der Waals surface area (Å²) in [6, 6.07) is 19.5. The first kappa shape index (κ1) is 22.2. The van der Waals surface area contributed by atoms with Gasteiger partial charge in [0.25, 0.3) is 11.7 Å². The van der Waals surface area contributed by atoms with Crippen molar-refractivity contribution in [2.75, 3.05) is 25.1 Å². The minimum absolute atomic E-state index is 0.122. The molecule has 0 aliphatic carbocycles. The molecule has 0 saturated carbocycles. The van der Waals surface area contributed by atoms with Gasteiger partial charge in [0.1, 0.15) is 5.56 Å². The van der Waals surface area contributed by atoms with E-state index in [2.05, 4.69) is 15.6 Å². The fraction of sp³-hybridized carbons (Fsp3) is 0.280. The van der Waals surface area contributed by atoms with Crippen LogP contribution in [0.4, 0.5) is 5.82 Å². The summed E-state index contributed by atoms with van der Waals surface area (Å²) in [6.45, 7) is 6.25. The van der Waals surface area contributed by atoms with E-state index < -0.39 is 0 Å². The summed E-state index contributed by atoms with van der Waals surface area (Å²) < 4.78 is 11.3. The quantitative estimate of drug-likeness (QED) is 0.494. The zero-order chi connectivity index (χ0) is 21.9. The third-order valence-electron chi connectivity index (χ3n) is 4.72. The molecule has 1 heterocycles. The predicted molar refractivity (Wildman–Crippen MR) is 122 cm³/mol. The smallest absolute Gasteiger partial charge is 0.285 e. The Kier molecular flexibility index (Phi) is 8.29. The lowest BCUT2D eigenvalue weighted by Crippen LogP contribution is -2.27. The highest BCUT2D eigenvalue weighted by Crippen LogP contribution is 2.28. The molecule has 0 unspecified atom stereocenters. The Morgan fingerprint density at radius 3 is 2.45 bits per heavy atom. The number of pyridine rings is 1. The zero-order valence-corrected chi connectivity index (χ0v) is 18.1. The molecule has 0 atom stereocenters. The van der Waals surface area contributed by atoms with Crippen LogP contribution in [0.2, 0.25) is 0 Å². The van der Waals surface area contributed by atoms with E-state index in [0.717, 1.165) is 29.0 Å². The molecule has 2 aromatic carbocycles. The highest BCUT2D eigenvalue weighted by Gasteiger charge is 2.16. The first-order valence-electron chi connectivity index (χ1n) is 10.7. The normalized spacial score (nSPS) is 10.4. The van der Waals surface area contributed by atoms with E-state index in [-0.39, 0.29) is 5.91 Å². The third kappa shape index (κ3) is 6.47. The van der Waals surface area contributed by atoms with Crippen molar-refractivity contribution in [3.63, 3.8) is 0 Å². The summed E-state index contributed by atoms with van der Waals surface area (Å²) in [5, 5.41) is 6.32. The molecule has 0 aliphatic rings. The maximum Gasteiger partial charge on any atom is 0.285 e. The van der Waals surface area contributed by atoms with Gasteiger partial charge in [0.05, 0.1) is 26.0 Å². The lowest BCUT2D eigenvalue weighted by Gasteiger charge is -2.12. The van der Waals surface area contributed by atoms with Crippen molar-refractivity contribution in [1.82, 2.24) is 5.32 Å². The summed E-state index contributed by atoms with van der Waals surface area (Å²) in [4.78, 5) is 15.8. The summed E-state index contributed by atoms with van der Waals surface area (Å²) in [7, 11) is 0. The average molecular weight is 421 g/mol. The Labute approximate surface area is 183 Å². The van der Waals surface area contributed by atoms with Gasteiger partial charge >= 0.3 is 0 Å². The van der Waals surface area contributed by atoms with Crippen molar-refractivity contribution >= 4 is 11.7 Å². The molecule has 31 heavy (non-hydrogen) atoms. The number of carbonyl (C=O) groups is 1. The maximum absolute atomic E-state index is 12.7. The summed E-state index contributed by atoms with van der Waals surface area (Å²) in [5.74, 6) is 2.09. The molecular formula is C25H30N3O3+. The van der Waals surface area contributed by atoms with Crippen LogP contribution in [0.25, 0.3) is 0 Å². The lowest BCUT2D eigenvalue weighted by atomic mass is 10.1. The van der Waals surface area contributed by atoms with Gasteiger partial charge in [0.15, 0.2) is 11.5 Å². The van der Waals surface area contributed by atoms with Gasteiger partial charge in [0.2, 0.25) is 0 Å². The fourth-order valence-corrected chi connectivity index (χ4v) is 3.23. The van der Waals surface area contributed by atoms with Crippen LogP contribution in [0.5, 0.6) is 11.5 Å². The molecule has 0 fully saturated rings. The van der Waals surface area contributed by atoms with Gasteiger partial charge in [0, 0.05) is 13.0 Å². The standard InChI is InChI=1S/C25H29N3O3/c1-3-30-22-13-12-19(17-23(22)31-4-2)14-16-27-24-21(11-8-15-26-24)25(29)28-18-20-9-6-5-7-10-20/h5-13,15,17H,3-4,14,16,18H2,1-2H3,(H,26,27)(H,28,29)/p+1. The maximum atomic E-state index is 12.7. The van der Waals surface area contributed by atoms with E-state index >= 15 is 0 Å². The summed E-state index contributed by atoms with van der Waals surface area (Å²) in [5.41, 5.74) is 2.77. The molecule has 162 valence electrons. The third-order valence-corrected chi connectivity index (χ3v) is 4.72. The molecule has 1 amide bonds. The number of ether oxygens (including phenoxy) is 2. The molecule has 0 radical (unpaired) electrons. The number of anilines is 1. The van der Waals surface area contributed by atoms with Gasteiger partial charge in [-0.05, 0) is 49.2 Å². The highest BCUT2D eigenvalue weighted by atomic mass is 16.5. The molecule has 0 aliphatic heterocycles. The number of hydrogen-bond donors (Lipinski definition) is 2. The molecule has 1 aromatic heterocycles. The number of benzene rings is 2. The molecule has 6 heteroatoms. The van der Waals surface area contributed by atoms with Crippen LogP contribution in [0.15, 0.2) is 66.9 Å². The van der Waals surface area contributed by atoms with Gasteiger partial charge < -0.3 is 14.8 Å². The van der Waals surface area contributed by atoms with Crippen molar-refractivity contribution in [2.45, 2.75) is 26.8 Å². The zero-order valence-electron chi connectivity index (χ0n) is 18.1. The molecule has 0 bridgehead atoms. The Balaban J connectivity index is 1.60. The Hall–Kier alpha value is -3.54. The minimum atomic E-state index is -0.122. The van der Waals surface area contributed by atoms with Gasteiger partial charge in [-0.25, -0.2) is 4.98 Å². The first-order valence-corrected chi connectivity index (χ1v) is 10.7. The summed E-state index contributed by atoms with van der Waals surface area (Å²) in [6.07, 6.45) is 2.58. The molecule has 3 N–H and O–H groups in total. The monoisotopic (exact) mass is 420 g/mol. The van der Waals surface area contributed by atoms with Gasteiger partial charge in [-0.2, -0.15) is 0 Å². The number of amides is 1. The van der Waals surface area contributed by atoms with Crippen LogP contribution in [0.1, 0.15) is 35.3 Å². The van der Waals surface area contributed by atoms with E-state index in [1.54, 1.807) is 6.20 Å². The number of H-pyrrole nitrogens is 1. The molecular weight excluding hydrogens is 390 g/mol. The van der Waals surface area contributed by atoms with Crippen molar-refractivity contribution in [3.8, 4) is 11.5 Å². The van der Waals surface area contributed by atoms with Crippen LogP contribution in [0.3, 0.4) is 0 Å². The number of carbonyl (C=O) groups excluding carboxylic acids is 1. The van der Waals surface area contributed by atoms with Crippen molar-refractivity contribution in [3.05, 3.63) is 83.6 Å². The molecule has 3 aromatic rings. The van der Waals surface area contributed by atoms with Crippen molar-refractivity contribution in [2.24, 2.45) is 0 Å². The first-order chi connectivity index (χ1) is 15.2. The van der Waals surface area contributed by atoms with E-state index in [0.29, 0.717) is 37.7 Å². The van der Waals surface area contributed by atoms with Gasteiger partial charge in [-0.1, -0.05) is 36.4 Å². The SMILES string of the molecule is CCOc1ccc(CCNc2[nH+]cccc2C(=O)NCc2ccccc2)cc1OCC. The van der Waals surface area contributed by atoms with Crippen LogP contribution in [0, 0.1) is 0 Å². The number of hydrogen-bond acceptors (Lipinski definition) is 4. The van der Waals surface area contributed by atoms with Crippen LogP contribution in [-0.4, -0.2) is 25.7 Å². The van der Waals surface area contributed by atoms with Crippen molar-refractivity contribution < 1.29 is 19.3 Å². The second-order valence-corrected chi connectivity index (χ2v) is 6.95.